The zero-order valence-electron chi connectivity index (χ0n) is 11.6. The Bertz CT molecular complexity index is 528. The van der Waals surface area contributed by atoms with Gasteiger partial charge >= 0.3 is 0 Å². The Morgan fingerprint density at radius 2 is 2.00 bits per heavy atom. The van der Waals surface area contributed by atoms with Crippen molar-refractivity contribution in [1.82, 2.24) is 5.32 Å². The smallest absolute Gasteiger partial charge is 0.161 e. The number of hydrogen-bond acceptors (Lipinski definition) is 5. The molecule has 5 heteroatoms. The predicted molar refractivity (Wildman–Crippen MR) is 80.5 cm³/mol. The zero-order chi connectivity index (χ0) is 14.4. The summed E-state index contributed by atoms with van der Waals surface area (Å²) in [6.45, 7) is 0.762. The number of hydrogen-bond donors (Lipinski definition) is 2. The highest BCUT2D eigenvalue weighted by Gasteiger charge is 2.13. The van der Waals surface area contributed by atoms with Crippen molar-refractivity contribution in [3.63, 3.8) is 0 Å². The van der Waals surface area contributed by atoms with Gasteiger partial charge in [-0.3, -0.25) is 0 Å². The summed E-state index contributed by atoms with van der Waals surface area (Å²) >= 11 is 1.70. The molecule has 1 heterocycles. The van der Waals surface area contributed by atoms with E-state index in [0.29, 0.717) is 11.5 Å². The molecule has 0 fully saturated rings. The van der Waals surface area contributed by atoms with E-state index in [9.17, 15) is 5.11 Å². The third-order valence-corrected chi connectivity index (χ3v) is 3.97. The lowest BCUT2D eigenvalue weighted by Gasteiger charge is -2.18. The Morgan fingerprint density at radius 3 is 2.60 bits per heavy atom. The summed E-state index contributed by atoms with van der Waals surface area (Å²) in [4.78, 5) is 1.24. The Hall–Kier alpha value is -1.56. The molecule has 1 unspecified atom stereocenters. The summed E-state index contributed by atoms with van der Waals surface area (Å²) in [6.07, 6.45) is 0. The zero-order valence-corrected chi connectivity index (χ0v) is 12.4. The van der Waals surface area contributed by atoms with Gasteiger partial charge in [-0.1, -0.05) is 12.1 Å². The molecule has 0 spiro atoms. The van der Waals surface area contributed by atoms with Crippen molar-refractivity contribution < 1.29 is 14.6 Å². The van der Waals surface area contributed by atoms with Gasteiger partial charge in [0, 0.05) is 11.4 Å². The number of aliphatic hydroxyl groups excluding tert-OH is 1. The van der Waals surface area contributed by atoms with Crippen molar-refractivity contribution in [3.05, 3.63) is 46.2 Å². The van der Waals surface area contributed by atoms with E-state index >= 15 is 0 Å². The van der Waals surface area contributed by atoms with Crippen molar-refractivity contribution in [3.8, 4) is 11.5 Å². The lowest BCUT2D eigenvalue weighted by atomic mass is 10.1. The van der Waals surface area contributed by atoms with E-state index < -0.39 is 0 Å². The molecule has 0 aliphatic heterocycles. The first kappa shape index (κ1) is 14.8. The Kier molecular flexibility index (Phi) is 5.40. The maximum absolute atomic E-state index is 9.57. The molecule has 1 aromatic carbocycles. The fourth-order valence-electron chi connectivity index (χ4n) is 1.99. The number of thiophene rings is 1. The second kappa shape index (κ2) is 7.28. The predicted octanol–water partition coefficient (Wildman–Crippen LogP) is 2.59. The van der Waals surface area contributed by atoms with E-state index in [4.69, 9.17) is 9.47 Å². The molecule has 2 rings (SSSR count). The fourth-order valence-corrected chi connectivity index (χ4v) is 2.65. The Labute approximate surface area is 123 Å². The highest BCUT2D eigenvalue weighted by Crippen LogP contribution is 2.30. The molecule has 20 heavy (non-hydrogen) atoms. The summed E-state index contributed by atoms with van der Waals surface area (Å²) in [5.74, 6) is 1.35. The number of aliphatic hydroxyl groups is 1. The van der Waals surface area contributed by atoms with Crippen LogP contribution in [-0.4, -0.2) is 25.9 Å². The number of benzene rings is 1. The number of rotatable bonds is 7. The van der Waals surface area contributed by atoms with Crippen LogP contribution in [0, 0.1) is 0 Å². The van der Waals surface area contributed by atoms with Crippen molar-refractivity contribution in [2.45, 2.75) is 12.6 Å². The molecular weight excluding hydrogens is 274 g/mol. The van der Waals surface area contributed by atoms with Crippen molar-refractivity contribution >= 4 is 11.3 Å². The van der Waals surface area contributed by atoms with E-state index in [1.807, 2.05) is 29.6 Å². The first-order valence-corrected chi connectivity index (χ1v) is 7.25. The molecule has 0 amide bonds. The van der Waals surface area contributed by atoms with E-state index in [-0.39, 0.29) is 12.6 Å². The van der Waals surface area contributed by atoms with Crippen LogP contribution in [0.25, 0.3) is 0 Å². The third kappa shape index (κ3) is 3.50. The highest BCUT2D eigenvalue weighted by molar-refractivity contribution is 7.09. The third-order valence-electron chi connectivity index (χ3n) is 3.10. The average Bonchev–Trinajstić information content (AvgIpc) is 3.01. The van der Waals surface area contributed by atoms with Crippen molar-refractivity contribution in [2.75, 3.05) is 20.8 Å². The minimum Gasteiger partial charge on any atom is -0.493 e. The second-order valence-corrected chi connectivity index (χ2v) is 5.34. The molecule has 0 saturated carbocycles. The molecular formula is C15H19NO3S. The first-order chi connectivity index (χ1) is 9.78. The summed E-state index contributed by atoms with van der Waals surface area (Å²) in [5, 5.41) is 15.0. The first-order valence-electron chi connectivity index (χ1n) is 6.37. The lowest BCUT2D eigenvalue weighted by Crippen LogP contribution is -2.23. The SMILES string of the molecule is COc1ccc(C(CO)NCc2cccs2)cc1OC. The van der Waals surface area contributed by atoms with Crippen LogP contribution in [0.3, 0.4) is 0 Å². The van der Waals surface area contributed by atoms with Gasteiger partial charge in [0.15, 0.2) is 11.5 Å². The summed E-state index contributed by atoms with van der Waals surface area (Å²) < 4.78 is 10.5. The monoisotopic (exact) mass is 293 g/mol. The molecule has 108 valence electrons. The van der Waals surface area contributed by atoms with Gasteiger partial charge in [0.05, 0.1) is 26.9 Å². The van der Waals surface area contributed by atoms with Crippen LogP contribution in [0.4, 0.5) is 0 Å². The topological polar surface area (TPSA) is 50.7 Å². The van der Waals surface area contributed by atoms with E-state index in [2.05, 4.69) is 11.4 Å². The van der Waals surface area contributed by atoms with E-state index in [0.717, 1.165) is 12.1 Å². The molecule has 0 aliphatic carbocycles. The highest BCUT2D eigenvalue weighted by atomic mass is 32.1. The minimum absolute atomic E-state index is 0.0286. The van der Waals surface area contributed by atoms with Gasteiger partial charge in [0.25, 0.3) is 0 Å². The van der Waals surface area contributed by atoms with Gasteiger partial charge < -0.3 is 19.9 Å². The van der Waals surface area contributed by atoms with Crippen molar-refractivity contribution in [2.24, 2.45) is 0 Å². The van der Waals surface area contributed by atoms with Crippen LogP contribution in [0.5, 0.6) is 11.5 Å². The number of methoxy groups -OCH3 is 2. The van der Waals surface area contributed by atoms with Crippen LogP contribution in [0.1, 0.15) is 16.5 Å². The summed E-state index contributed by atoms with van der Waals surface area (Å²) in [6, 6.07) is 9.64. The molecule has 1 aromatic heterocycles. The number of nitrogens with one attached hydrogen (secondary N) is 1. The molecule has 1 atom stereocenters. The lowest BCUT2D eigenvalue weighted by molar-refractivity contribution is 0.243. The van der Waals surface area contributed by atoms with Gasteiger partial charge in [0.2, 0.25) is 0 Å². The van der Waals surface area contributed by atoms with Gasteiger partial charge in [-0.25, -0.2) is 0 Å². The standard InChI is InChI=1S/C15H19NO3S/c1-18-14-6-5-11(8-15(14)19-2)13(10-17)16-9-12-4-3-7-20-12/h3-8,13,16-17H,9-10H2,1-2H3. The van der Waals surface area contributed by atoms with Gasteiger partial charge in [0.1, 0.15) is 0 Å². The van der Waals surface area contributed by atoms with Gasteiger partial charge in [-0.05, 0) is 29.1 Å². The minimum atomic E-state index is -0.128. The fraction of sp³-hybridized carbons (Fsp3) is 0.333. The van der Waals surface area contributed by atoms with Crippen LogP contribution >= 0.6 is 11.3 Å². The van der Waals surface area contributed by atoms with Gasteiger partial charge in [-0.2, -0.15) is 0 Å². The summed E-state index contributed by atoms with van der Waals surface area (Å²) in [5.41, 5.74) is 0.974. The van der Waals surface area contributed by atoms with E-state index in [1.165, 1.54) is 4.88 Å². The Morgan fingerprint density at radius 1 is 1.20 bits per heavy atom. The largest absolute Gasteiger partial charge is 0.493 e. The van der Waals surface area contributed by atoms with Crippen LogP contribution in [0.2, 0.25) is 0 Å². The molecule has 0 saturated heterocycles. The van der Waals surface area contributed by atoms with Gasteiger partial charge in [-0.15, -0.1) is 11.3 Å². The maximum Gasteiger partial charge on any atom is 0.161 e. The van der Waals surface area contributed by atoms with Crippen molar-refractivity contribution in [1.29, 1.82) is 0 Å². The number of ether oxygens (including phenoxy) is 2. The molecule has 0 bridgehead atoms. The quantitative estimate of drug-likeness (QED) is 0.824. The van der Waals surface area contributed by atoms with E-state index in [1.54, 1.807) is 25.6 Å². The molecule has 4 nitrogen and oxygen atoms in total. The van der Waals surface area contributed by atoms with Crippen LogP contribution in [0.15, 0.2) is 35.7 Å². The molecule has 2 N–H and O–H groups in total. The normalized spacial score (nSPS) is 12.2. The second-order valence-electron chi connectivity index (χ2n) is 4.31. The average molecular weight is 293 g/mol. The molecule has 2 aromatic rings. The molecule has 0 radical (unpaired) electrons. The van der Waals surface area contributed by atoms with Crippen LogP contribution < -0.4 is 14.8 Å². The van der Waals surface area contributed by atoms with Crippen LogP contribution in [-0.2, 0) is 6.54 Å². The molecule has 0 aliphatic rings. The maximum atomic E-state index is 9.57. The Balaban J connectivity index is 2.10. The summed E-state index contributed by atoms with van der Waals surface area (Å²) in [7, 11) is 3.21.